The van der Waals surface area contributed by atoms with Gasteiger partial charge in [0.1, 0.15) is 17.4 Å². The molecule has 1 aliphatic carbocycles. The average molecular weight is 346 g/mol. The minimum absolute atomic E-state index is 0.213. The number of carbonyl (C=O) groups excluding carboxylic acids is 2. The van der Waals surface area contributed by atoms with Crippen molar-refractivity contribution in [2.45, 2.75) is 12.8 Å². The lowest BCUT2D eigenvalue weighted by Gasteiger charge is -2.32. The van der Waals surface area contributed by atoms with Crippen LogP contribution in [0.15, 0.2) is 53.5 Å². The SMILES string of the molecule is CCOC(=O)C1=C(OC)C=C(OC)[C@H](C(=O)OC)[C@@H]1c1ccccc1. The molecule has 6 nitrogen and oxygen atoms in total. The van der Waals surface area contributed by atoms with Crippen molar-refractivity contribution in [1.29, 1.82) is 0 Å². The quantitative estimate of drug-likeness (QED) is 0.737. The Hall–Kier alpha value is -2.76. The van der Waals surface area contributed by atoms with Crippen molar-refractivity contribution in [3.8, 4) is 0 Å². The summed E-state index contributed by atoms with van der Waals surface area (Å²) >= 11 is 0. The Labute approximate surface area is 147 Å². The highest BCUT2D eigenvalue weighted by Crippen LogP contribution is 2.43. The van der Waals surface area contributed by atoms with Crippen LogP contribution in [0.2, 0.25) is 0 Å². The van der Waals surface area contributed by atoms with E-state index in [0.717, 1.165) is 5.56 Å². The molecule has 6 heteroatoms. The Morgan fingerprint density at radius 1 is 1.04 bits per heavy atom. The Balaban J connectivity index is 2.70. The van der Waals surface area contributed by atoms with Crippen LogP contribution in [0.1, 0.15) is 18.4 Å². The number of hydrogen-bond donors (Lipinski definition) is 0. The predicted octanol–water partition coefficient (Wildman–Crippen LogP) is 2.57. The van der Waals surface area contributed by atoms with Gasteiger partial charge in [-0.3, -0.25) is 4.79 Å². The zero-order chi connectivity index (χ0) is 18.4. The molecule has 0 spiro atoms. The van der Waals surface area contributed by atoms with Gasteiger partial charge in [0.25, 0.3) is 0 Å². The second kappa shape index (κ2) is 8.37. The second-order valence-corrected chi connectivity index (χ2v) is 5.34. The zero-order valence-electron chi connectivity index (χ0n) is 14.8. The topological polar surface area (TPSA) is 71.1 Å². The zero-order valence-corrected chi connectivity index (χ0v) is 14.8. The maximum atomic E-state index is 12.6. The monoisotopic (exact) mass is 346 g/mol. The van der Waals surface area contributed by atoms with Crippen molar-refractivity contribution in [3.05, 3.63) is 59.1 Å². The molecule has 0 unspecified atom stereocenters. The molecule has 1 aromatic rings. The van der Waals surface area contributed by atoms with E-state index in [4.69, 9.17) is 18.9 Å². The summed E-state index contributed by atoms with van der Waals surface area (Å²) in [5.74, 6) is -1.80. The first-order chi connectivity index (χ1) is 12.1. The molecule has 0 aliphatic heterocycles. The van der Waals surface area contributed by atoms with Crippen molar-refractivity contribution < 1.29 is 28.5 Å². The van der Waals surface area contributed by atoms with Gasteiger partial charge in [0.15, 0.2) is 0 Å². The van der Waals surface area contributed by atoms with Gasteiger partial charge < -0.3 is 18.9 Å². The van der Waals surface area contributed by atoms with Gasteiger partial charge in [-0.05, 0) is 12.5 Å². The third-order valence-electron chi connectivity index (χ3n) is 4.05. The Bertz CT molecular complexity index is 689. The van der Waals surface area contributed by atoms with Crippen molar-refractivity contribution >= 4 is 11.9 Å². The van der Waals surface area contributed by atoms with E-state index in [2.05, 4.69) is 0 Å². The molecule has 0 fully saturated rings. The molecule has 0 heterocycles. The number of carbonyl (C=O) groups is 2. The molecule has 0 saturated carbocycles. The molecule has 0 amide bonds. The van der Waals surface area contributed by atoms with Crippen molar-refractivity contribution in [1.82, 2.24) is 0 Å². The summed E-state index contributed by atoms with van der Waals surface area (Å²) in [5, 5.41) is 0. The van der Waals surface area contributed by atoms with Crippen LogP contribution in [-0.2, 0) is 28.5 Å². The molecule has 2 rings (SSSR count). The van der Waals surface area contributed by atoms with Crippen molar-refractivity contribution in [3.63, 3.8) is 0 Å². The molecule has 0 aromatic heterocycles. The predicted molar refractivity (Wildman–Crippen MR) is 90.4 cm³/mol. The van der Waals surface area contributed by atoms with Crippen LogP contribution in [0.5, 0.6) is 0 Å². The molecule has 2 atom stereocenters. The number of methoxy groups -OCH3 is 3. The van der Waals surface area contributed by atoms with E-state index in [9.17, 15) is 9.59 Å². The highest BCUT2D eigenvalue weighted by molar-refractivity contribution is 5.94. The van der Waals surface area contributed by atoms with Crippen molar-refractivity contribution in [2.75, 3.05) is 27.9 Å². The van der Waals surface area contributed by atoms with Crippen LogP contribution in [-0.4, -0.2) is 39.9 Å². The number of rotatable bonds is 6. The standard InChI is InChI=1S/C19H22O6/c1-5-25-19(21)17-14(23-3)11-13(22-2)16(18(20)24-4)15(17)12-9-7-6-8-10-12/h6-11,15-16H,5H2,1-4H3/t15-,16-/m0/s1. The molecule has 1 aliphatic rings. The second-order valence-electron chi connectivity index (χ2n) is 5.34. The summed E-state index contributed by atoms with van der Waals surface area (Å²) in [6.45, 7) is 1.93. The molecular weight excluding hydrogens is 324 g/mol. The van der Waals surface area contributed by atoms with E-state index < -0.39 is 23.8 Å². The minimum atomic E-state index is -0.810. The molecule has 1 aromatic carbocycles. The molecule has 0 N–H and O–H groups in total. The summed E-state index contributed by atoms with van der Waals surface area (Å²) in [5.41, 5.74) is 1.03. The smallest absolute Gasteiger partial charge is 0.338 e. The number of hydrogen-bond acceptors (Lipinski definition) is 6. The van der Waals surface area contributed by atoms with E-state index in [1.165, 1.54) is 27.4 Å². The van der Waals surface area contributed by atoms with Crippen LogP contribution in [0.4, 0.5) is 0 Å². The maximum Gasteiger partial charge on any atom is 0.338 e. The van der Waals surface area contributed by atoms with Gasteiger partial charge >= 0.3 is 11.9 Å². The normalized spacial score (nSPS) is 19.8. The highest BCUT2D eigenvalue weighted by Gasteiger charge is 2.44. The van der Waals surface area contributed by atoms with E-state index in [0.29, 0.717) is 11.5 Å². The van der Waals surface area contributed by atoms with E-state index in [1.807, 2.05) is 30.3 Å². The largest absolute Gasteiger partial charge is 0.500 e. The fourth-order valence-electron chi connectivity index (χ4n) is 2.97. The highest BCUT2D eigenvalue weighted by atomic mass is 16.5. The summed E-state index contributed by atoms with van der Waals surface area (Å²) in [6, 6.07) is 9.21. The average Bonchev–Trinajstić information content (AvgIpc) is 2.66. The lowest BCUT2D eigenvalue weighted by atomic mass is 9.75. The summed E-state index contributed by atoms with van der Waals surface area (Å²) in [7, 11) is 4.22. The number of ether oxygens (including phenoxy) is 4. The molecule has 0 radical (unpaired) electrons. The van der Waals surface area contributed by atoms with Gasteiger partial charge in [-0.2, -0.15) is 0 Å². The van der Waals surface area contributed by atoms with Crippen molar-refractivity contribution in [2.24, 2.45) is 5.92 Å². The third-order valence-corrected chi connectivity index (χ3v) is 4.05. The summed E-state index contributed by atoms with van der Waals surface area (Å²) in [6.07, 6.45) is 1.54. The van der Waals surface area contributed by atoms with Crippen LogP contribution in [0.25, 0.3) is 0 Å². The van der Waals surface area contributed by atoms with E-state index in [-0.39, 0.29) is 12.2 Å². The minimum Gasteiger partial charge on any atom is -0.500 e. The molecular formula is C19H22O6. The van der Waals surface area contributed by atoms with Gasteiger partial charge in [-0.15, -0.1) is 0 Å². The lowest BCUT2D eigenvalue weighted by Crippen LogP contribution is -2.34. The first kappa shape index (κ1) is 18.6. The van der Waals surface area contributed by atoms with Gasteiger partial charge in [0, 0.05) is 12.0 Å². The maximum absolute atomic E-state index is 12.6. The fourth-order valence-corrected chi connectivity index (χ4v) is 2.97. The first-order valence-corrected chi connectivity index (χ1v) is 7.92. The van der Waals surface area contributed by atoms with Gasteiger partial charge in [-0.25, -0.2) is 4.79 Å². The number of benzene rings is 1. The van der Waals surface area contributed by atoms with Gasteiger partial charge in [0.2, 0.25) is 0 Å². The van der Waals surface area contributed by atoms with Crippen LogP contribution >= 0.6 is 0 Å². The molecule has 134 valence electrons. The third kappa shape index (κ3) is 3.68. The molecule has 0 bridgehead atoms. The van der Waals surface area contributed by atoms with E-state index >= 15 is 0 Å². The van der Waals surface area contributed by atoms with Gasteiger partial charge in [-0.1, -0.05) is 30.3 Å². The Morgan fingerprint density at radius 3 is 2.24 bits per heavy atom. The first-order valence-electron chi connectivity index (χ1n) is 7.92. The van der Waals surface area contributed by atoms with E-state index in [1.54, 1.807) is 6.92 Å². The van der Waals surface area contributed by atoms with Crippen LogP contribution in [0.3, 0.4) is 0 Å². The Morgan fingerprint density at radius 2 is 1.72 bits per heavy atom. The van der Waals surface area contributed by atoms with Gasteiger partial charge in [0.05, 0.1) is 33.5 Å². The number of esters is 2. The molecule has 0 saturated heterocycles. The van der Waals surface area contributed by atoms with Crippen LogP contribution < -0.4 is 0 Å². The fraction of sp³-hybridized carbons (Fsp3) is 0.368. The summed E-state index contributed by atoms with van der Waals surface area (Å²) < 4.78 is 20.9. The van der Waals surface area contributed by atoms with Crippen LogP contribution in [0, 0.1) is 5.92 Å². The summed E-state index contributed by atoms with van der Waals surface area (Å²) in [4.78, 5) is 25.1. The Kier molecular flexibility index (Phi) is 6.22. The number of allylic oxidation sites excluding steroid dienone is 1. The molecule has 25 heavy (non-hydrogen) atoms. The lowest BCUT2D eigenvalue weighted by molar-refractivity contribution is -0.146.